The second-order valence-electron chi connectivity index (χ2n) is 4.18. The quantitative estimate of drug-likeness (QED) is 0.642. The van der Waals surface area contributed by atoms with Crippen LogP contribution in [0, 0.1) is 0 Å². The summed E-state index contributed by atoms with van der Waals surface area (Å²) in [5.41, 5.74) is 0. The van der Waals surface area contributed by atoms with E-state index in [2.05, 4.69) is 5.32 Å². The zero-order valence-corrected chi connectivity index (χ0v) is 8.94. The topological polar surface area (TPSA) is 29.1 Å². The molecule has 1 N–H and O–H groups in total. The van der Waals surface area contributed by atoms with Crippen molar-refractivity contribution in [2.45, 2.75) is 49.8 Å². The Balaban J connectivity index is 2.00. The predicted molar refractivity (Wildman–Crippen MR) is 56.3 cm³/mol. The molecule has 1 aliphatic carbocycles. The Morgan fingerprint density at radius 2 is 1.85 bits per heavy atom. The molecular formula is C10H19NOS. The molecule has 2 rings (SSSR count). The van der Waals surface area contributed by atoms with Crippen molar-refractivity contribution in [1.82, 2.24) is 5.32 Å². The molecule has 3 heteroatoms. The minimum Gasteiger partial charge on any atom is -0.312 e. The Hall–Kier alpha value is 0.110. The van der Waals surface area contributed by atoms with Crippen LogP contribution in [0.4, 0.5) is 0 Å². The monoisotopic (exact) mass is 201 g/mol. The van der Waals surface area contributed by atoms with Crippen molar-refractivity contribution >= 4 is 10.8 Å². The van der Waals surface area contributed by atoms with Crippen molar-refractivity contribution in [3.63, 3.8) is 0 Å². The van der Waals surface area contributed by atoms with Gasteiger partial charge < -0.3 is 5.32 Å². The van der Waals surface area contributed by atoms with Crippen LogP contribution in [0.3, 0.4) is 0 Å². The molecule has 2 fully saturated rings. The maximum atomic E-state index is 11.8. The molecule has 76 valence electrons. The van der Waals surface area contributed by atoms with Crippen molar-refractivity contribution in [3.8, 4) is 0 Å². The van der Waals surface area contributed by atoms with Crippen LogP contribution in [0.25, 0.3) is 0 Å². The molecule has 13 heavy (non-hydrogen) atoms. The molecule has 1 saturated carbocycles. The summed E-state index contributed by atoms with van der Waals surface area (Å²) in [7, 11) is -0.538. The van der Waals surface area contributed by atoms with E-state index in [9.17, 15) is 4.21 Å². The molecule has 1 heterocycles. The summed E-state index contributed by atoms with van der Waals surface area (Å²) in [5.74, 6) is 0.876. The first-order valence-electron chi connectivity index (χ1n) is 5.48. The highest BCUT2D eigenvalue weighted by atomic mass is 32.2. The highest BCUT2D eigenvalue weighted by Crippen LogP contribution is 2.23. The summed E-state index contributed by atoms with van der Waals surface area (Å²) in [6.07, 6.45) is 7.76. The van der Waals surface area contributed by atoms with E-state index in [0.29, 0.717) is 11.3 Å². The first kappa shape index (κ1) is 9.66. The zero-order valence-electron chi connectivity index (χ0n) is 8.13. The maximum absolute atomic E-state index is 11.8. The van der Waals surface area contributed by atoms with E-state index in [4.69, 9.17) is 0 Å². The average molecular weight is 201 g/mol. The van der Waals surface area contributed by atoms with E-state index >= 15 is 0 Å². The van der Waals surface area contributed by atoms with Gasteiger partial charge in [0.1, 0.15) is 0 Å². The van der Waals surface area contributed by atoms with Gasteiger partial charge in [0.05, 0.1) is 5.25 Å². The Labute approximate surface area is 82.9 Å². The summed E-state index contributed by atoms with van der Waals surface area (Å²) in [6.45, 7) is 0.966. The third kappa shape index (κ3) is 2.32. The number of rotatable bonds is 0. The lowest BCUT2D eigenvalue weighted by Gasteiger charge is -2.33. The van der Waals surface area contributed by atoms with Gasteiger partial charge in [0, 0.05) is 29.1 Å². The lowest BCUT2D eigenvalue weighted by Crippen LogP contribution is -2.50. The molecule has 0 bridgehead atoms. The van der Waals surface area contributed by atoms with E-state index in [0.717, 1.165) is 12.3 Å². The largest absolute Gasteiger partial charge is 0.312 e. The van der Waals surface area contributed by atoms with Crippen LogP contribution in [0.15, 0.2) is 0 Å². The second-order valence-corrected chi connectivity index (χ2v) is 5.95. The van der Waals surface area contributed by atoms with Crippen molar-refractivity contribution in [3.05, 3.63) is 0 Å². The van der Waals surface area contributed by atoms with Gasteiger partial charge in [-0.05, 0) is 12.8 Å². The molecule has 0 aromatic heterocycles. The third-order valence-corrected chi connectivity index (χ3v) is 5.10. The first-order chi connectivity index (χ1) is 6.38. The third-order valence-electron chi connectivity index (χ3n) is 3.25. The van der Waals surface area contributed by atoms with Gasteiger partial charge in [-0.3, -0.25) is 4.21 Å². The minimum atomic E-state index is -0.538. The fraction of sp³-hybridized carbons (Fsp3) is 1.00. The smallest absolute Gasteiger partial charge is 0.0501 e. The Kier molecular flexibility index (Phi) is 3.39. The van der Waals surface area contributed by atoms with Crippen molar-refractivity contribution in [2.75, 3.05) is 12.3 Å². The highest BCUT2D eigenvalue weighted by Gasteiger charge is 2.30. The van der Waals surface area contributed by atoms with Crippen LogP contribution in [-0.4, -0.2) is 27.8 Å². The molecule has 0 aromatic rings. The van der Waals surface area contributed by atoms with E-state index in [-0.39, 0.29) is 0 Å². The zero-order chi connectivity index (χ0) is 9.10. The Morgan fingerprint density at radius 3 is 2.69 bits per heavy atom. The summed E-state index contributed by atoms with van der Waals surface area (Å²) in [5, 5.41) is 3.99. The Bertz CT molecular complexity index is 195. The van der Waals surface area contributed by atoms with Gasteiger partial charge in [0.2, 0.25) is 0 Å². The van der Waals surface area contributed by atoms with Gasteiger partial charge in [0.15, 0.2) is 0 Å². The standard InChI is InChI=1S/C10H19NOS/c12-13-8-7-11-9-5-3-1-2-4-6-10(9)13/h9-11H,1-8H2. The fourth-order valence-corrected chi connectivity index (χ4v) is 4.14. The van der Waals surface area contributed by atoms with E-state index in [1.807, 2.05) is 0 Å². The highest BCUT2D eigenvalue weighted by molar-refractivity contribution is 7.85. The summed E-state index contributed by atoms with van der Waals surface area (Å²) in [6, 6.07) is 0.565. The van der Waals surface area contributed by atoms with Gasteiger partial charge in [0.25, 0.3) is 0 Å². The van der Waals surface area contributed by atoms with Crippen LogP contribution >= 0.6 is 0 Å². The molecule has 1 aliphatic heterocycles. The lowest BCUT2D eigenvalue weighted by molar-refractivity contribution is 0.390. The van der Waals surface area contributed by atoms with Crippen LogP contribution in [0.1, 0.15) is 38.5 Å². The first-order valence-corrected chi connectivity index (χ1v) is 6.87. The maximum Gasteiger partial charge on any atom is 0.0501 e. The van der Waals surface area contributed by atoms with E-state index in [1.165, 1.54) is 38.5 Å². The van der Waals surface area contributed by atoms with Crippen LogP contribution in [0.5, 0.6) is 0 Å². The Morgan fingerprint density at radius 1 is 1.08 bits per heavy atom. The van der Waals surface area contributed by atoms with Gasteiger partial charge in [-0.15, -0.1) is 0 Å². The number of nitrogens with one attached hydrogen (secondary N) is 1. The molecular weight excluding hydrogens is 182 g/mol. The molecule has 0 aromatic carbocycles. The van der Waals surface area contributed by atoms with Gasteiger partial charge in [-0.2, -0.15) is 0 Å². The molecule has 0 amide bonds. The number of hydrogen-bond donors (Lipinski definition) is 1. The average Bonchev–Trinajstić information content (AvgIpc) is 2.07. The van der Waals surface area contributed by atoms with Crippen LogP contribution in [-0.2, 0) is 10.8 Å². The molecule has 3 atom stereocenters. The van der Waals surface area contributed by atoms with Crippen LogP contribution in [0.2, 0.25) is 0 Å². The molecule has 2 aliphatic rings. The molecule has 0 radical (unpaired) electrons. The van der Waals surface area contributed by atoms with Crippen LogP contribution < -0.4 is 5.32 Å². The fourth-order valence-electron chi connectivity index (χ4n) is 2.49. The van der Waals surface area contributed by atoms with Gasteiger partial charge in [-0.1, -0.05) is 25.7 Å². The summed E-state index contributed by atoms with van der Waals surface area (Å²) < 4.78 is 11.8. The number of fused-ring (bicyclic) bond motifs is 1. The van der Waals surface area contributed by atoms with Gasteiger partial charge >= 0.3 is 0 Å². The van der Waals surface area contributed by atoms with Crippen molar-refractivity contribution in [2.24, 2.45) is 0 Å². The summed E-state index contributed by atoms with van der Waals surface area (Å²) >= 11 is 0. The predicted octanol–water partition coefficient (Wildman–Crippen LogP) is 1.43. The molecule has 1 saturated heterocycles. The molecule has 0 spiro atoms. The minimum absolute atomic E-state index is 0.467. The molecule has 2 nitrogen and oxygen atoms in total. The molecule has 3 unspecified atom stereocenters. The normalized spacial score (nSPS) is 41.7. The van der Waals surface area contributed by atoms with Crippen molar-refractivity contribution < 1.29 is 4.21 Å². The van der Waals surface area contributed by atoms with E-state index < -0.39 is 10.8 Å². The summed E-state index contributed by atoms with van der Waals surface area (Å²) in [4.78, 5) is 0. The van der Waals surface area contributed by atoms with E-state index in [1.54, 1.807) is 0 Å². The number of hydrogen-bond acceptors (Lipinski definition) is 2. The SMILES string of the molecule is O=S1CCNC2CCCCCCC21. The van der Waals surface area contributed by atoms with Crippen molar-refractivity contribution in [1.29, 1.82) is 0 Å². The van der Waals surface area contributed by atoms with Gasteiger partial charge in [-0.25, -0.2) is 0 Å². The lowest BCUT2D eigenvalue weighted by atomic mass is 9.96. The second kappa shape index (κ2) is 4.56.